The Morgan fingerprint density at radius 3 is 2.50 bits per heavy atom. The molecule has 0 aromatic heterocycles. The molecule has 1 N–H and O–H groups in total. The Hall–Kier alpha value is -1.02. The highest BCUT2D eigenvalue weighted by Crippen LogP contribution is 2.34. The molecule has 1 aromatic rings. The van der Waals surface area contributed by atoms with E-state index in [1.165, 1.54) is 24.0 Å². The van der Waals surface area contributed by atoms with Crippen molar-refractivity contribution in [3.05, 3.63) is 29.3 Å². The molecule has 1 aliphatic carbocycles. The summed E-state index contributed by atoms with van der Waals surface area (Å²) in [6, 6.07) is 6.15. The number of hydrogen-bond acceptors (Lipinski definition) is 2. The second-order valence-corrected chi connectivity index (χ2v) is 4.76. The molecule has 2 nitrogen and oxygen atoms in total. The van der Waals surface area contributed by atoms with E-state index in [0.29, 0.717) is 12.5 Å². The molecule has 0 amide bonds. The smallest absolute Gasteiger partial charge is 0.125 e. The fourth-order valence-corrected chi connectivity index (χ4v) is 2.03. The van der Waals surface area contributed by atoms with Gasteiger partial charge in [0.2, 0.25) is 0 Å². The summed E-state index contributed by atoms with van der Waals surface area (Å²) in [7, 11) is 0. The lowest BCUT2D eigenvalue weighted by Crippen LogP contribution is -2.14. The first kappa shape index (κ1) is 11.5. The zero-order valence-electron chi connectivity index (χ0n) is 10.1. The van der Waals surface area contributed by atoms with Gasteiger partial charge in [-0.3, -0.25) is 0 Å². The second-order valence-electron chi connectivity index (χ2n) is 4.76. The van der Waals surface area contributed by atoms with Crippen LogP contribution in [0, 0.1) is 19.8 Å². The lowest BCUT2D eigenvalue weighted by Gasteiger charge is -2.14. The highest BCUT2D eigenvalue weighted by atomic mass is 16.5. The Labute approximate surface area is 97.3 Å². The minimum absolute atomic E-state index is 0.163. The summed E-state index contributed by atoms with van der Waals surface area (Å²) in [6.07, 6.45) is 2.96. The Balaban J connectivity index is 1.84. The predicted octanol–water partition coefficient (Wildman–Crippen LogP) is 2.84. The fourth-order valence-electron chi connectivity index (χ4n) is 2.03. The zero-order chi connectivity index (χ0) is 11.5. The Bertz CT molecular complexity index is 336. The Morgan fingerprint density at radius 2 is 1.94 bits per heavy atom. The lowest BCUT2D eigenvalue weighted by molar-refractivity contribution is 0.119. The van der Waals surface area contributed by atoms with E-state index in [2.05, 4.69) is 26.0 Å². The van der Waals surface area contributed by atoms with Gasteiger partial charge >= 0.3 is 0 Å². The molecule has 0 spiro atoms. The number of para-hydroxylation sites is 1. The largest absolute Gasteiger partial charge is 0.493 e. The van der Waals surface area contributed by atoms with Gasteiger partial charge < -0.3 is 9.84 Å². The molecule has 1 aromatic carbocycles. The topological polar surface area (TPSA) is 29.5 Å². The summed E-state index contributed by atoms with van der Waals surface area (Å²) in [5, 5.41) is 9.73. The number of aryl methyl sites for hydroxylation is 2. The quantitative estimate of drug-likeness (QED) is 0.826. The molecule has 1 aliphatic rings. The van der Waals surface area contributed by atoms with Gasteiger partial charge in [0.05, 0.1) is 12.7 Å². The molecule has 2 heteroatoms. The van der Waals surface area contributed by atoms with Crippen LogP contribution in [0.5, 0.6) is 5.75 Å². The molecule has 88 valence electrons. The zero-order valence-corrected chi connectivity index (χ0v) is 10.1. The standard InChI is InChI=1S/C14H20O2/c1-10-4-3-5-11(2)14(10)16-9-8-13(15)12-6-7-12/h3-5,12-13,15H,6-9H2,1-2H3. The maximum absolute atomic E-state index is 9.73. The first-order valence-electron chi connectivity index (χ1n) is 6.05. The first-order chi connectivity index (χ1) is 7.68. The van der Waals surface area contributed by atoms with Crippen molar-refractivity contribution in [2.75, 3.05) is 6.61 Å². The Morgan fingerprint density at radius 1 is 1.31 bits per heavy atom. The second kappa shape index (κ2) is 4.88. The number of hydrogen-bond donors (Lipinski definition) is 1. The molecule has 0 saturated heterocycles. The van der Waals surface area contributed by atoms with E-state index in [0.717, 1.165) is 12.2 Å². The third-order valence-electron chi connectivity index (χ3n) is 3.23. The van der Waals surface area contributed by atoms with Gasteiger partial charge in [-0.1, -0.05) is 18.2 Å². The third kappa shape index (κ3) is 2.76. The van der Waals surface area contributed by atoms with E-state index in [1.807, 2.05) is 6.07 Å². The monoisotopic (exact) mass is 220 g/mol. The van der Waals surface area contributed by atoms with Gasteiger partial charge in [0.25, 0.3) is 0 Å². The highest BCUT2D eigenvalue weighted by Gasteiger charge is 2.29. The van der Waals surface area contributed by atoms with Crippen LogP contribution in [0.2, 0.25) is 0 Å². The van der Waals surface area contributed by atoms with E-state index < -0.39 is 0 Å². The van der Waals surface area contributed by atoms with Gasteiger partial charge in [-0.05, 0) is 43.7 Å². The van der Waals surface area contributed by atoms with Gasteiger partial charge in [-0.25, -0.2) is 0 Å². The normalized spacial score (nSPS) is 17.2. The SMILES string of the molecule is Cc1cccc(C)c1OCCC(O)C1CC1. The molecule has 1 atom stereocenters. The molecule has 0 heterocycles. The summed E-state index contributed by atoms with van der Waals surface area (Å²) in [4.78, 5) is 0. The van der Waals surface area contributed by atoms with Crippen LogP contribution in [0.25, 0.3) is 0 Å². The molecule has 0 radical (unpaired) electrons. The molecule has 1 unspecified atom stereocenters. The molecule has 0 bridgehead atoms. The maximum atomic E-state index is 9.73. The van der Waals surface area contributed by atoms with Crippen molar-refractivity contribution < 1.29 is 9.84 Å². The molecular weight excluding hydrogens is 200 g/mol. The van der Waals surface area contributed by atoms with Gasteiger partial charge in [0.15, 0.2) is 0 Å². The van der Waals surface area contributed by atoms with Crippen LogP contribution in [0.15, 0.2) is 18.2 Å². The van der Waals surface area contributed by atoms with Gasteiger partial charge in [-0.2, -0.15) is 0 Å². The van der Waals surface area contributed by atoms with Crippen LogP contribution in [-0.4, -0.2) is 17.8 Å². The third-order valence-corrected chi connectivity index (χ3v) is 3.23. The van der Waals surface area contributed by atoms with E-state index in [4.69, 9.17) is 4.74 Å². The highest BCUT2D eigenvalue weighted by molar-refractivity contribution is 5.39. The van der Waals surface area contributed by atoms with Crippen molar-refractivity contribution >= 4 is 0 Å². The molecule has 16 heavy (non-hydrogen) atoms. The van der Waals surface area contributed by atoms with Gasteiger partial charge in [-0.15, -0.1) is 0 Å². The van der Waals surface area contributed by atoms with Crippen molar-refractivity contribution in [1.29, 1.82) is 0 Å². The van der Waals surface area contributed by atoms with E-state index >= 15 is 0 Å². The summed E-state index contributed by atoms with van der Waals surface area (Å²) in [5.41, 5.74) is 2.34. The predicted molar refractivity (Wildman–Crippen MR) is 64.8 cm³/mol. The number of rotatable bonds is 5. The van der Waals surface area contributed by atoms with Crippen LogP contribution in [-0.2, 0) is 0 Å². The molecular formula is C14H20O2. The summed E-state index contributed by atoms with van der Waals surface area (Å²) < 4.78 is 5.76. The van der Waals surface area contributed by atoms with Crippen LogP contribution >= 0.6 is 0 Å². The Kier molecular flexibility index (Phi) is 3.49. The van der Waals surface area contributed by atoms with Crippen molar-refractivity contribution in [2.45, 2.75) is 39.2 Å². The molecule has 0 aliphatic heterocycles. The number of ether oxygens (including phenoxy) is 1. The van der Waals surface area contributed by atoms with E-state index in [9.17, 15) is 5.11 Å². The van der Waals surface area contributed by atoms with E-state index in [1.54, 1.807) is 0 Å². The van der Waals surface area contributed by atoms with Crippen LogP contribution in [0.4, 0.5) is 0 Å². The number of aliphatic hydroxyl groups is 1. The first-order valence-corrected chi connectivity index (χ1v) is 6.05. The van der Waals surface area contributed by atoms with Crippen molar-refractivity contribution in [2.24, 2.45) is 5.92 Å². The number of benzene rings is 1. The van der Waals surface area contributed by atoms with E-state index in [-0.39, 0.29) is 6.10 Å². The number of aliphatic hydroxyl groups excluding tert-OH is 1. The van der Waals surface area contributed by atoms with Crippen molar-refractivity contribution in [3.63, 3.8) is 0 Å². The van der Waals surface area contributed by atoms with Crippen molar-refractivity contribution in [3.8, 4) is 5.75 Å². The minimum Gasteiger partial charge on any atom is -0.493 e. The lowest BCUT2D eigenvalue weighted by atomic mass is 10.1. The molecule has 1 saturated carbocycles. The summed E-state index contributed by atoms with van der Waals surface area (Å²) in [6.45, 7) is 4.72. The van der Waals surface area contributed by atoms with Crippen LogP contribution in [0.1, 0.15) is 30.4 Å². The van der Waals surface area contributed by atoms with Gasteiger partial charge in [0, 0.05) is 6.42 Å². The van der Waals surface area contributed by atoms with Crippen LogP contribution in [0.3, 0.4) is 0 Å². The van der Waals surface area contributed by atoms with Crippen molar-refractivity contribution in [1.82, 2.24) is 0 Å². The minimum atomic E-state index is -0.163. The molecule has 1 fully saturated rings. The summed E-state index contributed by atoms with van der Waals surface area (Å²) in [5.74, 6) is 1.52. The average Bonchev–Trinajstić information content (AvgIpc) is 3.05. The fraction of sp³-hybridized carbons (Fsp3) is 0.571. The molecule has 2 rings (SSSR count). The average molecular weight is 220 g/mol. The summed E-state index contributed by atoms with van der Waals surface area (Å²) >= 11 is 0. The maximum Gasteiger partial charge on any atom is 0.125 e. The van der Waals surface area contributed by atoms with Crippen LogP contribution < -0.4 is 4.74 Å². The van der Waals surface area contributed by atoms with Gasteiger partial charge in [0.1, 0.15) is 5.75 Å².